The largest absolute Gasteiger partial charge is 0.291 e. The van der Waals surface area contributed by atoms with Gasteiger partial charge in [-0.25, -0.2) is 0 Å². The van der Waals surface area contributed by atoms with Gasteiger partial charge in [0, 0.05) is 6.20 Å². The summed E-state index contributed by atoms with van der Waals surface area (Å²) in [6, 6.07) is 5.18. The summed E-state index contributed by atoms with van der Waals surface area (Å²) in [4.78, 5) is 15.0. The second-order valence-corrected chi connectivity index (χ2v) is 2.85. The Labute approximate surface area is 70.2 Å². The van der Waals surface area contributed by atoms with Crippen molar-refractivity contribution < 1.29 is 4.79 Å². The van der Waals surface area contributed by atoms with Crippen LogP contribution in [0.4, 0.5) is 0 Å². The Morgan fingerprint density at radius 2 is 2.36 bits per heavy atom. The van der Waals surface area contributed by atoms with Gasteiger partial charge in [0.25, 0.3) is 0 Å². The highest BCUT2D eigenvalue weighted by molar-refractivity contribution is 6.33. The van der Waals surface area contributed by atoms with Crippen molar-refractivity contribution in [1.82, 2.24) is 4.98 Å². The number of carbonyl (C=O) groups is 1. The normalized spacial score (nSPS) is 12.5. The van der Waals surface area contributed by atoms with E-state index < -0.39 is 5.38 Å². The van der Waals surface area contributed by atoms with Crippen molar-refractivity contribution in [2.75, 3.05) is 0 Å². The summed E-state index contributed by atoms with van der Waals surface area (Å²) in [7, 11) is 0. The van der Waals surface area contributed by atoms with Crippen LogP contribution in [0.5, 0.6) is 0 Å². The first-order valence-electron chi connectivity index (χ1n) is 3.31. The minimum absolute atomic E-state index is 0.132. The lowest BCUT2D eigenvalue weighted by molar-refractivity contribution is 0.0987. The monoisotopic (exact) mass is 169 g/mol. The minimum Gasteiger partial charge on any atom is -0.291 e. The maximum atomic E-state index is 11.2. The molecule has 0 bridgehead atoms. The molecule has 0 aliphatic heterocycles. The lowest BCUT2D eigenvalue weighted by atomic mass is 10.2. The summed E-state index contributed by atoms with van der Waals surface area (Å²) in [6.07, 6.45) is 1.58. The molecule has 58 valence electrons. The second kappa shape index (κ2) is 3.49. The molecule has 1 aromatic rings. The third-order valence-corrected chi connectivity index (χ3v) is 1.48. The third kappa shape index (κ3) is 2.02. The van der Waals surface area contributed by atoms with Crippen molar-refractivity contribution in [3.8, 4) is 0 Å². The number of pyridine rings is 1. The maximum Gasteiger partial charge on any atom is 0.198 e. The smallest absolute Gasteiger partial charge is 0.198 e. The van der Waals surface area contributed by atoms with E-state index in [1.807, 2.05) is 0 Å². The quantitative estimate of drug-likeness (QED) is 0.500. The highest BCUT2D eigenvalue weighted by atomic mass is 35.5. The highest BCUT2D eigenvalue weighted by Crippen LogP contribution is 2.03. The average molecular weight is 170 g/mol. The average Bonchev–Trinajstić information content (AvgIpc) is 2.05. The number of nitrogens with zero attached hydrogens (tertiary/aromatic N) is 1. The molecular weight excluding hydrogens is 162 g/mol. The predicted octanol–water partition coefficient (Wildman–Crippen LogP) is 1.89. The van der Waals surface area contributed by atoms with Gasteiger partial charge in [-0.1, -0.05) is 6.07 Å². The maximum absolute atomic E-state index is 11.2. The van der Waals surface area contributed by atoms with Crippen molar-refractivity contribution in [3.63, 3.8) is 0 Å². The van der Waals surface area contributed by atoms with E-state index in [1.165, 1.54) is 0 Å². The number of rotatable bonds is 2. The van der Waals surface area contributed by atoms with Crippen LogP contribution in [-0.2, 0) is 0 Å². The van der Waals surface area contributed by atoms with E-state index in [9.17, 15) is 4.79 Å². The molecule has 0 saturated carbocycles. The van der Waals surface area contributed by atoms with Gasteiger partial charge >= 0.3 is 0 Å². The van der Waals surface area contributed by atoms with Crippen molar-refractivity contribution in [3.05, 3.63) is 30.1 Å². The fourth-order valence-electron chi connectivity index (χ4n) is 0.712. The zero-order valence-corrected chi connectivity index (χ0v) is 6.88. The van der Waals surface area contributed by atoms with Crippen LogP contribution in [0.3, 0.4) is 0 Å². The van der Waals surface area contributed by atoms with E-state index in [0.29, 0.717) is 5.69 Å². The SMILES string of the molecule is CC(Cl)C(=O)c1ccccn1. The fourth-order valence-corrected chi connectivity index (χ4v) is 0.824. The standard InChI is InChI=1S/C8H8ClNO/c1-6(9)8(11)7-4-2-3-5-10-7/h2-6H,1H3. The molecule has 1 atom stereocenters. The van der Waals surface area contributed by atoms with Crippen LogP contribution in [-0.4, -0.2) is 16.1 Å². The molecule has 0 aliphatic rings. The lowest BCUT2D eigenvalue weighted by Gasteiger charge is -1.99. The molecule has 1 aromatic heterocycles. The molecular formula is C8H8ClNO. The number of alkyl halides is 1. The first-order valence-corrected chi connectivity index (χ1v) is 3.75. The molecule has 0 radical (unpaired) electrons. The predicted molar refractivity (Wildman–Crippen MR) is 43.9 cm³/mol. The van der Waals surface area contributed by atoms with Crippen LogP contribution >= 0.6 is 11.6 Å². The molecule has 2 nitrogen and oxygen atoms in total. The molecule has 3 heteroatoms. The molecule has 11 heavy (non-hydrogen) atoms. The van der Waals surface area contributed by atoms with Gasteiger partial charge in [-0.05, 0) is 19.1 Å². The van der Waals surface area contributed by atoms with Gasteiger partial charge in [0.15, 0.2) is 5.78 Å². The summed E-state index contributed by atoms with van der Waals surface area (Å²) >= 11 is 5.57. The fraction of sp³-hybridized carbons (Fsp3) is 0.250. The van der Waals surface area contributed by atoms with Crippen LogP contribution in [0.25, 0.3) is 0 Å². The molecule has 1 heterocycles. The van der Waals surface area contributed by atoms with Crippen molar-refractivity contribution in [2.45, 2.75) is 12.3 Å². The molecule has 0 spiro atoms. The third-order valence-electron chi connectivity index (χ3n) is 1.28. The summed E-state index contributed by atoms with van der Waals surface area (Å²) in [5.74, 6) is -0.132. The molecule has 0 aliphatic carbocycles. The van der Waals surface area contributed by atoms with E-state index in [1.54, 1.807) is 31.3 Å². The van der Waals surface area contributed by atoms with E-state index in [-0.39, 0.29) is 5.78 Å². The number of ketones is 1. The van der Waals surface area contributed by atoms with Gasteiger partial charge in [-0.2, -0.15) is 0 Å². The van der Waals surface area contributed by atoms with Crippen LogP contribution in [0, 0.1) is 0 Å². The zero-order chi connectivity index (χ0) is 8.27. The first-order chi connectivity index (χ1) is 5.22. The van der Waals surface area contributed by atoms with Crippen molar-refractivity contribution >= 4 is 17.4 Å². The Kier molecular flexibility index (Phi) is 2.60. The van der Waals surface area contributed by atoms with Crippen LogP contribution in [0.15, 0.2) is 24.4 Å². The van der Waals surface area contributed by atoms with Crippen LogP contribution in [0.2, 0.25) is 0 Å². The minimum atomic E-state index is -0.495. The second-order valence-electron chi connectivity index (χ2n) is 2.20. The van der Waals surface area contributed by atoms with E-state index in [4.69, 9.17) is 11.6 Å². The van der Waals surface area contributed by atoms with Crippen molar-refractivity contribution in [1.29, 1.82) is 0 Å². The molecule has 0 amide bonds. The van der Waals surface area contributed by atoms with Crippen molar-refractivity contribution in [2.24, 2.45) is 0 Å². The number of Topliss-reactive ketones (excluding diaryl/α,β-unsaturated/α-hetero) is 1. The molecule has 0 N–H and O–H groups in total. The molecule has 0 aromatic carbocycles. The first kappa shape index (κ1) is 8.21. The topological polar surface area (TPSA) is 30.0 Å². The molecule has 0 saturated heterocycles. The van der Waals surface area contributed by atoms with E-state index >= 15 is 0 Å². The Morgan fingerprint density at radius 1 is 1.64 bits per heavy atom. The van der Waals surface area contributed by atoms with Crippen LogP contribution in [0.1, 0.15) is 17.4 Å². The zero-order valence-electron chi connectivity index (χ0n) is 6.12. The van der Waals surface area contributed by atoms with Gasteiger partial charge in [0.1, 0.15) is 5.69 Å². The highest BCUT2D eigenvalue weighted by Gasteiger charge is 2.11. The Morgan fingerprint density at radius 3 is 2.82 bits per heavy atom. The summed E-state index contributed by atoms with van der Waals surface area (Å²) < 4.78 is 0. The van der Waals surface area contributed by atoms with Gasteiger partial charge in [-0.3, -0.25) is 9.78 Å². The molecule has 1 unspecified atom stereocenters. The van der Waals surface area contributed by atoms with E-state index in [2.05, 4.69) is 4.98 Å². The lowest BCUT2D eigenvalue weighted by Crippen LogP contribution is -2.11. The summed E-state index contributed by atoms with van der Waals surface area (Å²) in [5, 5.41) is -0.495. The molecule has 0 fully saturated rings. The van der Waals surface area contributed by atoms with E-state index in [0.717, 1.165) is 0 Å². The molecule has 1 rings (SSSR count). The number of hydrogen-bond donors (Lipinski definition) is 0. The van der Waals surface area contributed by atoms with Gasteiger partial charge < -0.3 is 0 Å². The van der Waals surface area contributed by atoms with Gasteiger partial charge in [0.2, 0.25) is 0 Å². The van der Waals surface area contributed by atoms with Gasteiger partial charge in [-0.15, -0.1) is 11.6 Å². The number of halogens is 1. The summed E-state index contributed by atoms with van der Waals surface area (Å²) in [5.41, 5.74) is 0.426. The number of carbonyl (C=O) groups excluding carboxylic acids is 1. The number of aromatic nitrogens is 1. The summed E-state index contributed by atoms with van der Waals surface area (Å²) in [6.45, 7) is 1.64. The Balaban J connectivity index is 2.86. The van der Waals surface area contributed by atoms with Gasteiger partial charge in [0.05, 0.1) is 5.38 Å². The Bertz CT molecular complexity index is 246. The van der Waals surface area contributed by atoms with Crippen LogP contribution < -0.4 is 0 Å². The Hall–Kier alpha value is -0.890. The number of hydrogen-bond acceptors (Lipinski definition) is 2.